The van der Waals surface area contributed by atoms with Crippen LogP contribution in [0.25, 0.3) is 0 Å². The molecule has 0 aliphatic carbocycles. The summed E-state index contributed by atoms with van der Waals surface area (Å²) in [5.74, 6) is -0.203. The van der Waals surface area contributed by atoms with Gasteiger partial charge in [-0.05, 0) is 24.2 Å². The minimum absolute atomic E-state index is 0.0653. The third kappa shape index (κ3) is 6.42. The van der Waals surface area contributed by atoms with Crippen LogP contribution in [-0.4, -0.2) is 22.9 Å². The van der Waals surface area contributed by atoms with Crippen molar-refractivity contribution in [3.8, 4) is 0 Å². The molecule has 0 radical (unpaired) electrons. The second kappa shape index (κ2) is 7.89. The van der Waals surface area contributed by atoms with Crippen molar-refractivity contribution in [2.24, 2.45) is 0 Å². The minimum atomic E-state index is -0.203. The SMILES string of the molecule is CC(=O)NNC(=S)NCC(Cl)Cc1ccccc1. The zero-order valence-electron chi connectivity index (χ0n) is 10.1. The Hall–Kier alpha value is -1.33. The Morgan fingerprint density at radius 3 is 2.61 bits per heavy atom. The van der Waals surface area contributed by atoms with Gasteiger partial charge in [-0.15, -0.1) is 11.6 Å². The van der Waals surface area contributed by atoms with Crippen molar-refractivity contribution in [1.82, 2.24) is 16.2 Å². The average molecular weight is 286 g/mol. The second-order valence-electron chi connectivity index (χ2n) is 3.80. The van der Waals surface area contributed by atoms with E-state index in [0.29, 0.717) is 11.7 Å². The van der Waals surface area contributed by atoms with E-state index < -0.39 is 0 Å². The lowest BCUT2D eigenvalue weighted by Crippen LogP contribution is -2.47. The van der Waals surface area contributed by atoms with Gasteiger partial charge in [-0.1, -0.05) is 30.3 Å². The first kappa shape index (κ1) is 14.7. The Labute approximate surface area is 117 Å². The molecule has 1 unspecified atom stereocenters. The van der Waals surface area contributed by atoms with E-state index in [1.54, 1.807) is 0 Å². The number of thiocarbonyl (C=S) groups is 1. The molecule has 0 spiro atoms. The average Bonchev–Trinajstić information content (AvgIpc) is 2.35. The number of hydrogen-bond acceptors (Lipinski definition) is 2. The molecular weight excluding hydrogens is 270 g/mol. The molecule has 0 aromatic heterocycles. The number of benzene rings is 1. The van der Waals surface area contributed by atoms with Crippen molar-refractivity contribution >= 4 is 34.8 Å². The summed E-state index contributed by atoms with van der Waals surface area (Å²) in [6, 6.07) is 9.99. The number of hydrogen-bond donors (Lipinski definition) is 3. The fourth-order valence-corrected chi connectivity index (χ4v) is 1.72. The summed E-state index contributed by atoms with van der Waals surface area (Å²) >= 11 is 11.1. The summed E-state index contributed by atoms with van der Waals surface area (Å²) in [5, 5.41) is 3.22. The monoisotopic (exact) mass is 285 g/mol. The summed E-state index contributed by atoms with van der Waals surface area (Å²) in [6.07, 6.45) is 0.762. The smallest absolute Gasteiger partial charge is 0.235 e. The van der Waals surface area contributed by atoms with E-state index in [0.717, 1.165) is 6.42 Å². The second-order valence-corrected chi connectivity index (χ2v) is 4.83. The van der Waals surface area contributed by atoms with Gasteiger partial charge >= 0.3 is 0 Å². The molecule has 0 fully saturated rings. The molecule has 1 atom stereocenters. The lowest BCUT2D eigenvalue weighted by molar-refractivity contribution is -0.119. The predicted molar refractivity (Wildman–Crippen MR) is 77.3 cm³/mol. The lowest BCUT2D eigenvalue weighted by atomic mass is 10.1. The number of amides is 1. The number of hydrazine groups is 1. The summed E-state index contributed by atoms with van der Waals surface area (Å²) in [4.78, 5) is 10.6. The quantitative estimate of drug-likeness (QED) is 0.444. The Morgan fingerprint density at radius 2 is 2.00 bits per heavy atom. The van der Waals surface area contributed by atoms with Crippen LogP contribution in [0.1, 0.15) is 12.5 Å². The maximum atomic E-state index is 10.6. The van der Waals surface area contributed by atoms with E-state index in [9.17, 15) is 4.79 Å². The van der Waals surface area contributed by atoms with Crippen LogP contribution >= 0.6 is 23.8 Å². The first-order chi connectivity index (χ1) is 8.58. The molecule has 1 aromatic carbocycles. The highest BCUT2D eigenvalue weighted by Gasteiger charge is 2.06. The van der Waals surface area contributed by atoms with Crippen molar-refractivity contribution in [2.45, 2.75) is 18.7 Å². The van der Waals surface area contributed by atoms with E-state index >= 15 is 0 Å². The molecule has 0 saturated carbocycles. The molecule has 0 aliphatic rings. The number of halogens is 1. The van der Waals surface area contributed by atoms with E-state index in [4.69, 9.17) is 23.8 Å². The molecule has 1 rings (SSSR count). The van der Waals surface area contributed by atoms with Gasteiger partial charge in [0, 0.05) is 13.5 Å². The Balaban J connectivity index is 2.22. The van der Waals surface area contributed by atoms with Gasteiger partial charge in [-0.3, -0.25) is 15.6 Å². The summed E-state index contributed by atoms with van der Waals surface area (Å²) in [7, 11) is 0. The highest BCUT2D eigenvalue weighted by Crippen LogP contribution is 2.06. The van der Waals surface area contributed by atoms with Crippen LogP contribution in [0.4, 0.5) is 0 Å². The fraction of sp³-hybridized carbons (Fsp3) is 0.333. The topological polar surface area (TPSA) is 53.2 Å². The number of rotatable bonds is 4. The lowest BCUT2D eigenvalue weighted by Gasteiger charge is -2.13. The van der Waals surface area contributed by atoms with Crippen LogP contribution < -0.4 is 16.2 Å². The largest absolute Gasteiger partial charge is 0.360 e. The van der Waals surface area contributed by atoms with Gasteiger partial charge in [0.1, 0.15) is 0 Å². The highest BCUT2D eigenvalue weighted by molar-refractivity contribution is 7.80. The normalized spacial score (nSPS) is 11.4. The molecule has 4 nitrogen and oxygen atoms in total. The molecule has 0 bridgehead atoms. The third-order valence-corrected chi connectivity index (χ3v) is 2.69. The van der Waals surface area contributed by atoms with Crippen molar-refractivity contribution in [2.75, 3.05) is 6.54 Å². The Kier molecular flexibility index (Phi) is 6.46. The highest BCUT2D eigenvalue weighted by atomic mass is 35.5. The zero-order valence-corrected chi connectivity index (χ0v) is 11.6. The minimum Gasteiger partial charge on any atom is -0.360 e. The molecule has 6 heteroatoms. The van der Waals surface area contributed by atoms with E-state index in [1.807, 2.05) is 30.3 Å². The van der Waals surface area contributed by atoms with Gasteiger partial charge in [0.2, 0.25) is 5.91 Å². The summed E-state index contributed by atoms with van der Waals surface area (Å²) < 4.78 is 0. The molecule has 0 aliphatic heterocycles. The van der Waals surface area contributed by atoms with Gasteiger partial charge in [0.05, 0.1) is 5.38 Å². The van der Waals surface area contributed by atoms with Crippen LogP contribution in [0, 0.1) is 0 Å². The Bertz CT molecular complexity index is 400. The maximum absolute atomic E-state index is 10.6. The summed E-state index contributed by atoms with van der Waals surface area (Å²) in [5.41, 5.74) is 6.13. The molecule has 0 heterocycles. The number of alkyl halides is 1. The van der Waals surface area contributed by atoms with Crippen LogP contribution in [0.2, 0.25) is 0 Å². The van der Waals surface area contributed by atoms with Crippen molar-refractivity contribution < 1.29 is 4.79 Å². The van der Waals surface area contributed by atoms with Crippen molar-refractivity contribution in [1.29, 1.82) is 0 Å². The van der Waals surface area contributed by atoms with Gasteiger partial charge in [-0.25, -0.2) is 0 Å². The van der Waals surface area contributed by atoms with Gasteiger partial charge in [0.15, 0.2) is 5.11 Å². The Morgan fingerprint density at radius 1 is 1.33 bits per heavy atom. The predicted octanol–water partition coefficient (Wildman–Crippen LogP) is 1.35. The standard InChI is InChI=1S/C12H16ClN3OS/c1-9(17)15-16-12(18)14-8-11(13)7-10-5-3-2-4-6-10/h2-6,11H,7-8H2,1H3,(H,15,17)(H2,14,16,18). The van der Waals surface area contributed by atoms with E-state index in [2.05, 4.69) is 16.2 Å². The zero-order chi connectivity index (χ0) is 13.4. The first-order valence-electron chi connectivity index (χ1n) is 5.56. The van der Waals surface area contributed by atoms with Crippen LogP contribution in [0.5, 0.6) is 0 Å². The van der Waals surface area contributed by atoms with E-state index in [-0.39, 0.29) is 11.3 Å². The first-order valence-corrected chi connectivity index (χ1v) is 6.41. The van der Waals surface area contributed by atoms with Gasteiger partial charge in [-0.2, -0.15) is 0 Å². The number of nitrogens with one attached hydrogen (secondary N) is 3. The van der Waals surface area contributed by atoms with Crippen molar-refractivity contribution in [3.05, 3.63) is 35.9 Å². The van der Waals surface area contributed by atoms with E-state index in [1.165, 1.54) is 12.5 Å². The number of carbonyl (C=O) groups excluding carboxylic acids is 1. The van der Waals surface area contributed by atoms with Crippen LogP contribution in [0.3, 0.4) is 0 Å². The molecule has 18 heavy (non-hydrogen) atoms. The molecule has 98 valence electrons. The molecular formula is C12H16ClN3OS. The molecule has 0 saturated heterocycles. The number of carbonyl (C=O) groups is 1. The van der Waals surface area contributed by atoms with Crippen molar-refractivity contribution in [3.63, 3.8) is 0 Å². The third-order valence-electron chi connectivity index (χ3n) is 2.14. The van der Waals surface area contributed by atoms with Gasteiger partial charge < -0.3 is 5.32 Å². The summed E-state index contributed by atoms with van der Waals surface area (Å²) in [6.45, 7) is 1.93. The molecule has 3 N–H and O–H groups in total. The molecule has 1 aromatic rings. The fourth-order valence-electron chi connectivity index (χ4n) is 1.33. The van der Waals surface area contributed by atoms with Gasteiger partial charge in [0.25, 0.3) is 0 Å². The van der Waals surface area contributed by atoms with Crippen LogP contribution in [0.15, 0.2) is 30.3 Å². The maximum Gasteiger partial charge on any atom is 0.235 e. The van der Waals surface area contributed by atoms with Crippen LogP contribution in [-0.2, 0) is 11.2 Å². The molecule has 1 amide bonds.